The van der Waals surface area contributed by atoms with Crippen LogP contribution in [0.5, 0.6) is 0 Å². The van der Waals surface area contributed by atoms with Crippen LogP contribution in [0.25, 0.3) is 0 Å². The van der Waals surface area contributed by atoms with Gasteiger partial charge < -0.3 is 10.1 Å². The Kier molecular flexibility index (Phi) is 6.06. The quantitative estimate of drug-likeness (QED) is 0.553. The predicted octanol–water partition coefficient (Wildman–Crippen LogP) is 1.34. The summed E-state index contributed by atoms with van der Waals surface area (Å²) in [7, 11) is -2.32. The third kappa shape index (κ3) is 4.66. The molecule has 0 bridgehead atoms. The van der Waals surface area contributed by atoms with Crippen LogP contribution >= 0.6 is 0 Å². The smallest absolute Gasteiger partial charge is 0.271 e. The highest BCUT2D eigenvalue weighted by Gasteiger charge is 2.23. The molecule has 0 saturated heterocycles. The molecule has 118 valence electrons. The van der Waals surface area contributed by atoms with E-state index in [0.717, 1.165) is 6.07 Å². The van der Waals surface area contributed by atoms with E-state index in [2.05, 4.69) is 10.0 Å². The molecular formula is C12H19N3O5S. The Morgan fingerprint density at radius 3 is 2.62 bits per heavy atom. The predicted molar refractivity (Wildman–Crippen MR) is 78.9 cm³/mol. The molecule has 0 saturated carbocycles. The number of ether oxygens (including phenoxy) is 1. The Bertz CT molecular complexity index is 603. The van der Waals surface area contributed by atoms with E-state index in [0.29, 0.717) is 6.54 Å². The van der Waals surface area contributed by atoms with Crippen LogP contribution in [0, 0.1) is 10.1 Å². The van der Waals surface area contributed by atoms with Crippen molar-refractivity contribution in [1.82, 2.24) is 4.72 Å². The van der Waals surface area contributed by atoms with E-state index in [1.165, 1.54) is 19.2 Å². The van der Waals surface area contributed by atoms with Gasteiger partial charge in [0, 0.05) is 31.8 Å². The molecule has 0 heterocycles. The molecule has 0 aromatic heterocycles. The zero-order chi connectivity index (χ0) is 16.0. The largest absolute Gasteiger partial charge is 0.384 e. The molecule has 0 fully saturated rings. The standard InChI is InChI=1S/C12H19N3O5S/c1-4-13-11-7-10(15(16)17)5-6-12(11)21(18,19)14-9(2)8-20-3/h5-7,9,13-14H,4,8H2,1-3H3. The summed E-state index contributed by atoms with van der Waals surface area (Å²) in [6.07, 6.45) is 0. The van der Waals surface area contributed by atoms with Crippen LogP contribution in [0.3, 0.4) is 0 Å². The van der Waals surface area contributed by atoms with Crippen molar-refractivity contribution in [3.05, 3.63) is 28.3 Å². The van der Waals surface area contributed by atoms with Crippen molar-refractivity contribution in [3.8, 4) is 0 Å². The minimum absolute atomic E-state index is 0.0297. The Balaban J connectivity index is 3.18. The molecule has 1 unspecified atom stereocenters. The van der Waals surface area contributed by atoms with Gasteiger partial charge in [0.05, 0.1) is 17.2 Å². The molecule has 1 rings (SSSR count). The van der Waals surface area contributed by atoms with Crippen molar-refractivity contribution in [2.24, 2.45) is 0 Å². The topological polar surface area (TPSA) is 111 Å². The number of nitrogens with one attached hydrogen (secondary N) is 2. The van der Waals surface area contributed by atoms with Gasteiger partial charge in [-0.1, -0.05) is 0 Å². The summed E-state index contributed by atoms with van der Waals surface area (Å²) < 4.78 is 32.0. The Morgan fingerprint density at radius 2 is 2.10 bits per heavy atom. The van der Waals surface area contributed by atoms with E-state index in [9.17, 15) is 18.5 Å². The molecular weight excluding hydrogens is 298 g/mol. The van der Waals surface area contributed by atoms with Gasteiger partial charge in [-0.15, -0.1) is 0 Å². The zero-order valence-corrected chi connectivity index (χ0v) is 12.9. The molecule has 1 atom stereocenters. The maximum atomic E-state index is 12.3. The number of non-ortho nitro benzene ring substituents is 1. The Labute approximate surface area is 123 Å². The van der Waals surface area contributed by atoms with Crippen LogP contribution in [0.1, 0.15) is 13.8 Å². The first-order valence-corrected chi connectivity index (χ1v) is 7.83. The number of hydrogen-bond donors (Lipinski definition) is 2. The lowest BCUT2D eigenvalue weighted by Crippen LogP contribution is -2.35. The van der Waals surface area contributed by atoms with E-state index in [1.807, 2.05) is 0 Å². The van der Waals surface area contributed by atoms with Crippen molar-refractivity contribution in [2.75, 3.05) is 25.6 Å². The summed E-state index contributed by atoms with van der Waals surface area (Å²) in [4.78, 5) is 10.2. The number of hydrogen-bond acceptors (Lipinski definition) is 6. The van der Waals surface area contributed by atoms with Gasteiger partial charge in [0.2, 0.25) is 10.0 Å². The molecule has 0 amide bonds. The van der Waals surface area contributed by atoms with E-state index in [-0.39, 0.29) is 22.9 Å². The summed E-state index contributed by atoms with van der Waals surface area (Å²) in [5.74, 6) is 0. The lowest BCUT2D eigenvalue weighted by molar-refractivity contribution is -0.384. The second-order valence-electron chi connectivity index (χ2n) is 4.45. The summed E-state index contributed by atoms with van der Waals surface area (Å²) >= 11 is 0. The molecule has 2 N–H and O–H groups in total. The number of rotatable bonds is 8. The van der Waals surface area contributed by atoms with Gasteiger partial charge in [0.25, 0.3) is 5.69 Å². The fourth-order valence-electron chi connectivity index (χ4n) is 1.81. The number of anilines is 1. The van der Waals surface area contributed by atoms with Crippen molar-refractivity contribution in [2.45, 2.75) is 24.8 Å². The Hall–Kier alpha value is -1.71. The third-order valence-electron chi connectivity index (χ3n) is 2.60. The fraction of sp³-hybridized carbons (Fsp3) is 0.500. The van der Waals surface area contributed by atoms with Gasteiger partial charge >= 0.3 is 0 Å². The zero-order valence-electron chi connectivity index (χ0n) is 12.1. The minimum atomic E-state index is -3.79. The van der Waals surface area contributed by atoms with Gasteiger partial charge in [-0.05, 0) is 19.9 Å². The van der Waals surface area contributed by atoms with Crippen LogP contribution < -0.4 is 10.0 Å². The molecule has 0 aliphatic rings. The van der Waals surface area contributed by atoms with Crippen molar-refractivity contribution < 1.29 is 18.1 Å². The second-order valence-corrected chi connectivity index (χ2v) is 6.13. The maximum absolute atomic E-state index is 12.3. The van der Waals surface area contributed by atoms with Gasteiger partial charge in [-0.3, -0.25) is 10.1 Å². The summed E-state index contributed by atoms with van der Waals surface area (Å²) in [6.45, 7) is 4.11. The van der Waals surface area contributed by atoms with Crippen molar-refractivity contribution in [1.29, 1.82) is 0 Å². The molecule has 0 aliphatic carbocycles. The number of sulfonamides is 1. The highest BCUT2D eigenvalue weighted by Crippen LogP contribution is 2.26. The van der Waals surface area contributed by atoms with E-state index in [1.54, 1.807) is 13.8 Å². The SMILES string of the molecule is CCNc1cc([N+](=O)[O-])ccc1S(=O)(=O)NC(C)COC. The number of methoxy groups -OCH3 is 1. The van der Waals surface area contributed by atoms with E-state index < -0.39 is 21.0 Å². The van der Waals surface area contributed by atoms with Gasteiger partial charge in [-0.25, -0.2) is 13.1 Å². The molecule has 0 aliphatic heterocycles. The molecule has 8 nitrogen and oxygen atoms in total. The fourth-order valence-corrected chi connectivity index (χ4v) is 3.20. The number of benzene rings is 1. The van der Waals surface area contributed by atoms with Crippen molar-refractivity contribution >= 4 is 21.4 Å². The lowest BCUT2D eigenvalue weighted by Gasteiger charge is -2.16. The molecule has 0 radical (unpaired) electrons. The van der Waals surface area contributed by atoms with E-state index in [4.69, 9.17) is 4.74 Å². The first-order chi connectivity index (χ1) is 9.81. The summed E-state index contributed by atoms with van der Waals surface area (Å²) in [5.41, 5.74) is 0.0265. The van der Waals surface area contributed by atoms with Gasteiger partial charge in [0.1, 0.15) is 4.90 Å². The van der Waals surface area contributed by atoms with Crippen molar-refractivity contribution in [3.63, 3.8) is 0 Å². The lowest BCUT2D eigenvalue weighted by atomic mass is 10.3. The Morgan fingerprint density at radius 1 is 1.43 bits per heavy atom. The summed E-state index contributed by atoms with van der Waals surface area (Å²) in [5, 5.41) is 13.6. The molecule has 1 aromatic rings. The first kappa shape index (κ1) is 17.3. The highest BCUT2D eigenvalue weighted by molar-refractivity contribution is 7.89. The molecule has 1 aromatic carbocycles. The van der Waals surface area contributed by atoms with Crippen LogP contribution in [0.15, 0.2) is 23.1 Å². The average molecular weight is 317 g/mol. The minimum Gasteiger partial charge on any atom is -0.384 e. The monoisotopic (exact) mass is 317 g/mol. The highest BCUT2D eigenvalue weighted by atomic mass is 32.2. The third-order valence-corrected chi connectivity index (χ3v) is 4.25. The number of nitrogens with zero attached hydrogens (tertiary/aromatic N) is 1. The maximum Gasteiger partial charge on any atom is 0.271 e. The normalized spacial score (nSPS) is 12.9. The second kappa shape index (κ2) is 7.34. The average Bonchev–Trinajstić information content (AvgIpc) is 2.38. The van der Waals surface area contributed by atoms with Crippen LogP contribution in [0.4, 0.5) is 11.4 Å². The van der Waals surface area contributed by atoms with Crippen LogP contribution in [-0.4, -0.2) is 39.6 Å². The van der Waals surface area contributed by atoms with E-state index >= 15 is 0 Å². The molecule has 0 spiro atoms. The van der Waals surface area contributed by atoms with Gasteiger partial charge in [0.15, 0.2) is 0 Å². The first-order valence-electron chi connectivity index (χ1n) is 6.35. The molecule has 9 heteroatoms. The van der Waals surface area contributed by atoms with Gasteiger partial charge in [-0.2, -0.15) is 0 Å². The summed E-state index contributed by atoms with van der Waals surface area (Å²) in [6, 6.07) is 3.18. The van der Waals surface area contributed by atoms with Crippen LogP contribution in [-0.2, 0) is 14.8 Å². The number of nitro benzene ring substituents is 1. The number of nitro groups is 1. The molecule has 21 heavy (non-hydrogen) atoms. The van der Waals surface area contributed by atoms with Crippen LogP contribution in [0.2, 0.25) is 0 Å².